The van der Waals surface area contributed by atoms with E-state index < -0.39 is 21.4 Å². The van der Waals surface area contributed by atoms with Gasteiger partial charge in [-0.2, -0.15) is 0 Å². The first-order valence-electron chi connectivity index (χ1n) is 9.04. The Kier molecular flexibility index (Phi) is 4.66. The molecule has 0 bridgehead atoms. The maximum absolute atomic E-state index is 13.2. The van der Waals surface area contributed by atoms with Crippen molar-refractivity contribution >= 4 is 22.9 Å². The van der Waals surface area contributed by atoms with Crippen LogP contribution in [0.4, 0.5) is 11.4 Å². The van der Waals surface area contributed by atoms with Gasteiger partial charge in [-0.05, 0) is 30.7 Å². The molecule has 30 heavy (non-hydrogen) atoms. The highest BCUT2D eigenvalue weighted by atomic mass is 16.6. The number of carbonyl (C=O) groups is 2. The maximum Gasteiger partial charge on any atom is 0.269 e. The highest BCUT2D eigenvalue weighted by molar-refractivity contribution is 6.18. The van der Waals surface area contributed by atoms with Crippen molar-refractivity contribution in [3.05, 3.63) is 97.1 Å². The summed E-state index contributed by atoms with van der Waals surface area (Å²) in [5.74, 6) is -0.363. The lowest BCUT2D eigenvalue weighted by molar-refractivity contribution is -0.385. The molecule has 10 nitrogen and oxygen atoms in total. The Hall–Kier alpha value is -4.21. The van der Waals surface area contributed by atoms with Crippen LogP contribution in [0.25, 0.3) is 0 Å². The molecule has 4 rings (SSSR count). The van der Waals surface area contributed by atoms with Gasteiger partial charge in [0, 0.05) is 48.4 Å². The van der Waals surface area contributed by atoms with Crippen LogP contribution in [-0.4, -0.2) is 31.0 Å². The van der Waals surface area contributed by atoms with Crippen LogP contribution in [0.3, 0.4) is 0 Å². The second-order valence-corrected chi connectivity index (χ2v) is 6.75. The van der Waals surface area contributed by atoms with Gasteiger partial charge in [0.25, 0.3) is 11.4 Å². The third-order valence-electron chi connectivity index (χ3n) is 4.94. The molecule has 0 aliphatic carbocycles. The number of ketones is 2. The molecule has 1 aliphatic rings. The molecule has 1 aliphatic heterocycles. The highest BCUT2D eigenvalue weighted by Gasteiger charge is 2.30. The van der Waals surface area contributed by atoms with E-state index in [1.165, 1.54) is 48.5 Å². The lowest BCUT2D eigenvalue weighted by Crippen LogP contribution is -2.15. The van der Waals surface area contributed by atoms with Crippen molar-refractivity contribution in [2.45, 2.75) is 19.4 Å². The number of non-ortho nitro benzene ring substituents is 2. The fraction of sp³-hybridized carbons (Fsp3) is 0.150. The van der Waals surface area contributed by atoms with Crippen molar-refractivity contribution in [2.75, 3.05) is 0 Å². The van der Waals surface area contributed by atoms with Crippen LogP contribution in [0.15, 0.2) is 48.5 Å². The highest BCUT2D eigenvalue weighted by Crippen LogP contribution is 2.26. The number of hydrogen-bond donors (Lipinski definition) is 0. The van der Waals surface area contributed by atoms with E-state index in [0.717, 1.165) is 6.42 Å². The average molecular weight is 406 g/mol. The Labute approximate surface area is 169 Å². The van der Waals surface area contributed by atoms with Crippen molar-refractivity contribution in [3.63, 3.8) is 0 Å². The number of imidazole rings is 1. The quantitative estimate of drug-likeness (QED) is 0.348. The minimum absolute atomic E-state index is 0.0260. The van der Waals surface area contributed by atoms with Gasteiger partial charge in [-0.3, -0.25) is 29.8 Å². The molecule has 2 heterocycles. The van der Waals surface area contributed by atoms with Gasteiger partial charge in [0.05, 0.1) is 9.85 Å². The van der Waals surface area contributed by atoms with Gasteiger partial charge in [0.2, 0.25) is 11.6 Å². The van der Waals surface area contributed by atoms with Gasteiger partial charge in [0.1, 0.15) is 17.2 Å². The Bertz CT molecular complexity index is 1200. The molecule has 0 atom stereocenters. The third kappa shape index (κ3) is 3.24. The molecule has 3 aromatic rings. The molecule has 0 spiro atoms. The summed E-state index contributed by atoms with van der Waals surface area (Å²) in [7, 11) is 0. The first-order chi connectivity index (χ1) is 14.4. The monoisotopic (exact) mass is 406 g/mol. The number of carbonyl (C=O) groups excluding carboxylic acids is 2. The summed E-state index contributed by atoms with van der Waals surface area (Å²) < 4.78 is 1.70. The minimum atomic E-state index is -0.567. The van der Waals surface area contributed by atoms with Crippen LogP contribution >= 0.6 is 0 Å². The molecule has 10 heteroatoms. The molecule has 2 aromatic carbocycles. The second kappa shape index (κ2) is 7.32. The Morgan fingerprint density at radius 2 is 1.33 bits per heavy atom. The molecular weight excluding hydrogens is 392 g/mol. The predicted molar refractivity (Wildman–Crippen MR) is 104 cm³/mol. The van der Waals surface area contributed by atoms with Gasteiger partial charge in [-0.1, -0.05) is 0 Å². The van der Waals surface area contributed by atoms with E-state index in [1.807, 2.05) is 0 Å². The van der Waals surface area contributed by atoms with Crippen LogP contribution in [0, 0.1) is 20.2 Å². The average Bonchev–Trinajstić information content (AvgIpc) is 3.34. The summed E-state index contributed by atoms with van der Waals surface area (Å²) in [4.78, 5) is 51.1. The zero-order valence-corrected chi connectivity index (χ0v) is 15.5. The number of fused-ring (bicyclic) bond motifs is 1. The molecule has 150 valence electrons. The van der Waals surface area contributed by atoms with Crippen LogP contribution in [0.5, 0.6) is 0 Å². The van der Waals surface area contributed by atoms with Crippen molar-refractivity contribution in [1.82, 2.24) is 9.55 Å². The maximum atomic E-state index is 13.2. The lowest BCUT2D eigenvalue weighted by atomic mass is 10.0. The summed E-state index contributed by atoms with van der Waals surface area (Å²) in [5.41, 5.74) is 0.179. The molecule has 0 fully saturated rings. The first kappa shape index (κ1) is 19.1. The van der Waals surface area contributed by atoms with Crippen LogP contribution in [0.1, 0.15) is 44.3 Å². The number of aryl methyl sites for hydroxylation is 1. The second-order valence-electron chi connectivity index (χ2n) is 6.75. The summed E-state index contributed by atoms with van der Waals surface area (Å²) in [6.07, 6.45) is 1.41. The van der Waals surface area contributed by atoms with E-state index in [2.05, 4.69) is 4.98 Å². The molecule has 0 saturated carbocycles. The zero-order valence-electron chi connectivity index (χ0n) is 15.5. The van der Waals surface area contributed by atoms with Gasteiger partial charge in [-0.25, -0.2) is 4.98 Å². The molecular formula is C20H14N4O6. The summed E-state index contributed by atoms with van der Waals surface area (Å²) in [6, 6.07) is 10.2. The van der Waals surface area contributed by atoms with Crippen molar-refractivity contribution in [1.29, 1.82) is 0 Å². The van der Waals surface area contributed by atoms with Gasteiger partial charge in [0.15, 0.2) is 0 Å². The first-order valence-corrected chi connectivity index (χ1v) is 9.04. The number of hydrogen-bond acceptors (Lipinski definition) is 7. The van der Waals surface area contributed by atoms with E-state index in [4.69, 9.17) is 0 Å². The van der Waals surface area contributed by atoms with E-state index >= 15 is 0 Å². The summed E-state index contributed by atoms with van der Waals surface area (Å²) in [6.45, 7) is 0.532. The Balaban J connectivity index is 1.75. The van der Waals surface area contributed by atoms with E-state index in [1.54, 1.807) is 4.57 Å². The number of nitrogens with zero attached hydrogens (tertiary/aromatic N) is 4. The predicted octanol–water partition coefficient (Wildman–Crippen LogP) is 3.11. The molecule has 1 aromatic heterocycles. The SMILES string of the molecule is O=C(c1ccc([N+](=O)[O-])cc1)c1nc2n(c1C(=O)c1ccc([N+](=O)[O-])cc1)CCC2. The number of nitro benzene ring substituents is 2. The normalized spacial score (nSPS) is 12.4. The topological polar surface area (TPSA) is 138 Å². The standard InChI is InChI=1S/C20H14N4O6/c25-19(12-3-7-14(8-4-12)23(27)28)17-18(22-11-1-2-16(22)21-17)20(26)13-5-9-15(10-6-13)24(29)30/h3-10H,1-2,11H2. The van der Waals surface area contributed by atoms with Crippen molar-refractivity contribution < 1.29 is 19.4 Å². The van der Waals surface area contributed by atoms with Crippen LogP contribution < -0.4 is 0 Å². The van der Waals surface area contributed by atoms with Gasteiger partial charge >= 0.3 is 0 Å². The van der Waals surface area contributed by atoms with Crippen LogP contribution in [0.2, 0.25) is 0 Å². The molecule has 0 amide bonds. The van der Waals surface area contributed by atoms with Gasteiger partial charge < -0.3 is 4.57 Å². The minimum Gasteiger partial charge on any atom is -0.325 e. The van der Waals surface area contributed by atoms with Crippen molar-refractivity contribution in [2.24, 2.45) is 0 Å². The summed E-state index contributed by atoms with van der Waals surface area (Å²) >= 11 is 0. The third-order valence-corrected chi connectivity index (χ3v) is 4.94. The largest absolute Gasteiger partial charge is 0.325 e. The molecule has 0 radical (unpaired) electrons. The van der Waals surface area contributed by atoms with Gasteiger partial charge in [-0.15, -0.1) is 0 Å². The number of benzene rings is 2. The zero-order chi connectivity index (χ0) is 21.4. The Morgan fingerprint density at radius 3 is 1.83 bits per heavy atom. The van der Waals surface area contributed by atoms with E-state index in [9.17, 15) is 29.8 Å². The molecule has 0 unspecified atom stereocenters. The van der Waals surface area contributed by atoms with Crippen LogP contribution in [-0.2, 0) is 13.0 Å². The number of aromatic nitrogens is 2. The fourth-order valence-electron chi connectivity index (χ4n) is 3.46. The number of rotatable bonds is 6. The lowest BCUT2D eigenvalue weighted by Gasteiger charge is -2.07. The molecule has 0 saturated heterocycles. The number of nitro groups is 2. The summed E-state index contributed by atoms with van der Waals surface area (Å²) in [5, 5.41) is 21.7. The fourth-order valence-corrected chi connectivity index (χ4v) is 3.46. The van der Waals surface area contributed by atoms with E-state index in [0.29, 0.717) is 18.8 Å². The Morgan fingerprint density at radius 1 is 0.833 bits per heavy atom. The smallest absolute Gasteiger partial charge is 0.269 e. The van der Waals surface area contributed by atoms with Crippen molar-refractivity contribution in [3.8, 4) is 0 Å². The molecule has 0 N–H and O–H groups in total. The van der Waals surface area contributed by atoms with E-state index in [-0.39, 0.29) is 33.9 Å².